The lowest BCUT2D eigenvalue weighted by Crippen LogP contribution is -2.12. The van der Waals surface area contributed by atoms with Crippen LogP contribution in [0.15, 0.2) is 30.5 Å². The smallest absolute Gasteiger partial charge is 0.132 e. The molecule has 0 aliphatic rings. The molecule has 0 fully saturated rings. The summed E-state index contributed by atoms with van der Waals surface area (Å²) in [5.41, 5.74) is 0.552. The third kappa shape index (κ3) is 2.87. The van der Waals surface area contributed by atoms with Crippen molar-refractivity contribution >= 4 is 0 Å². The van der Waals surface area contributed by atoms with Gasteiger partial charge in [0.05, 0.1) is 5.69 Å². The Labute approximate surface area is 104 Å². The molecule has 1 aromatic heterocycles. The van der Waals surface area contributed by atoms with E-state index in [4.69, 9.17) is 0 Å². The van der Waals surface area contributed by atoms with Crippen LogP contribution in [0.3, 0.4) is 0 Å². The van der Waals surface area contributed by atoms with Crippen molar-refractivity contribution in [2.24, 2.45) is 0 Å². The topological polar surface area (TPSA) is 37.8 Å². The molecular formula is C13H13F2N3. The summed E-state index contributed by atoms with van der Waals surface area (Å²) in [4.78, 5) is 8.31. The van der Waals surface area contributed by atoms with Crippen molar-refractivity contribution in [3.63, 3.8) is 0 Å². The van der Waals surface area contributed by atoms with Crippen LogP contribution in [0.1, 0.15) is 5.82 Å². The van der Waals surface area contributed by atoms with Crippen LogP contribution in [0, 0.1) is 11.6 Å². The van der Waals surface area contributed by atoms with Gasteiger partial charge in [-0.05, 0) is 31.3 Å². The second-order valence-electron chi connectivity index (χ2n) is 3.84. The number of rotatable bonds is 4. The Bertz CT molecular complexity index is 544. The molecule has 1 heterocycles. The Morgan fingerprint density at radius 1 is 1.22 bits per heavy atom. The van der Waals surface area contributed by atoms with Gasteiger partial charge in [-0.3, -0.25) is 0 Å². The normalized spacial score (nSPS) is 10.6. The highest BCUT2D eigenvalue weighted by Gasteiger charge is 2.08. The predicted molar refractivity (Wildman–Crippen MR) is 65.0 cm³/mol. The average molecular weight is 249 g/mol. The molecule has 94 valence electrons. The Morgan fingerprint density at radius 2 is 2.06 bits per heavy atom. The minimum atomic E-state index is -0.491. The first kappa shape index (κ1) is 12.6. The maximum atomic E-state index is 13.6. The summed E-state index contributed by atoms with van der Waals surface area (Å²) in [5.74, 6) is -0.373. The van der Waals surface area contributed by atoms with Crippen LogP contribution in [0.4, 0.5) is 8.78 Å². The summed E-state index contributed by atoms with van der Waals surface area (Å²) in [6.45, 7) is 0.731. The molecule has 0 spiro atoms. The Hall–Kier alpha value is -1.88. The van der Waals surface area contributed by atoms with Crippen LogP contribution < -0.4 is 5.32 Å². The molecule has 0 bridgehead atoms. The number of benzene rings is 1. The lowest BCUT2D eigenvalue weighted by atomic mass is 10.1. The molecule has 5 heteroatoms. The Kier molecular flexibility index (Phi) is 3.94. The van der Waals surface area contributed by atoms with E-state index < -0.39 is 11.6 Å². The number of nitrogens with one attached hydrogen (secondary N) is 1. The zero-order valence-electron chi connectivity index (χ0n) is 9.95. The first-order chi connectivity index (χ1) is 8.70. The van der Waals surface area contributed by atoms with Gasteiger partial charge in [-0.1, -0.05) is 0 Å². The van der Waals surface area contributed by atoms with Crippen molar-refractivity contribution in [2.45, 2.75) is 6.42 Å². The number of nitrogens with zero attached hydrogens (tertiary/aromatic N) is 2. The molecule has 0 unspecified atom stereocenters. The molecule has 0 saturated heterocycles. The number of hydrogen-bond acceptors (Lipinski definition) is 3. The van der Waals surface area contributed by atoms with E-state index in [1.165, 1.54) is 0 Å². The number of halogens is 2. The molecule has 0 aliphatic carbocycles. The summed E-state index contributed by atoms with van der Waals surface area (Å²) in [5, 5.41) is 2.98. The summed E-state index contributed by atoms with van der Waals surface area (Å²) < 4.78 is 26.7. The van der Waals surface area contributed by atoms with Gasteiger partial charge >= 0.3 is 0 Å². The molecule has 2 aromatic rings. The highest BCUT2D eigenvalue weighted by molar-refractivity contribution is 5.59. The highest BCUT2D eigenvalue weighted by atomic mass is 19.1. The summed E-state index contributed by atoms with van der Waals surface area (Å²) in [6, 6.07) is 4.89. The van der Waals surface area contributed by atoms with Gasteiger partial charge in [0, 0.05) is 24.7 Å². The zero-order valence-corrected chi connectivity index (χ0v) is 9.95. The van der Waals surface area contributed by atoms with Crippen LogP contribution in [0.2, 0.25) is 0 Å². The van der Waals surface area contributed by atoms with Gasteiger partial charge in [-0.2, -0.15) is 0 Å². The van der Waals surface area contributed by atoms with Crippen molar-refractivity contribution in [1.29, 1.82) is 0 Å². The van der Waals surface area contributed by atoms with Gasteiger partial charge in [0.25, 0.3) is 0 Å². The standard InChI is InChI=1S/C13H13F2N3/c1-16-6-5-13-17-7-4-12(18-13)10-8-9(14)2-3-11(10)15/h2-4,7-8,16H,5-6H2,1H3. The molecule has 0 amide bonds. The van der Waals surface area contributed by atoms with E-state index in [1.807, 2.05) is 7.05 Å². The van der Waals surface area contributed by atoms with Gasteiger partial charge in [-0.15, -0.1) is 0 Å². The van der Waals surface area contributed by atoms with Gasteiger partial charge in [0.1, 0.15) is 17.5 Å². The van der Waals surface area contributed by atoms with E-state index in [0.29, 0.717) is 17.9 Å². The molecule has 1 N–H and O–H groups in total. The van der Waals surface area contributed by atoms with Crippen LogP contribution >= 0.6 is 0 Å². The van der Waals surface area contributed by atoms with Crippen LogP contribution in [-0.4, -0.2) is 23.6 Å². The molecule has 0 aliphatic heterocycles. The second kappa shape index (κ2) is 5.64. The minimum Gasteiger partial charge on any atom is -0.319 e. The van der Waals surface area contributed by atoms with E-state index in [9.17, 15) is 8.78 Å². The van der Waals surface area contributed by atoms with E-state index in [2.05, 4.69) is 15.3 Å². The SMILES string of the molecule is CNCCc1nccc(-c2cc(F)ccc2F)n1. The molecule has 2 rings (SSSR count). The lowest BCUT2D eigenvalue weighted by molar-refractivity contribution is 0.602. The first-order valence-corrected chi connectivity index (χ1v) is 5.62. The van der Waals surface area contributed by atoms with E-state index in [-0.39, 0.29) is 5.56 Å². The molecule has 0 radical (unpaired) electrons. The maximum absolute atomic E-state index is 13.6. The van der Waals surface area contributed by atoms with E-state index >= 15 is 0 Å². The Balaban J connectivity index is 2.35. The molecule has 3 nitrogen and oxygen atoms in total. The fourth-order valence-electron chi connectivity index (χ4n) is 1.60. The summed E-state index contributed by atoms with van der Waals surface area (Å²) >= 11 is 0. The maximum Gasteiger partial charge on any atom is 0.132 e. The fourth-order valence-corrected chi connectivity index (χ4v) is 1.60. The van der Waals surface area contributed by atoms with Gasteiger partial charge in [0.2, 0.25) is 0 Å². The largest absolute Gasteiger partial charge is 0.319 e. The highest BCUT2D eigenvalue weighted by Crippen LogP contribution is 2.21. The monoisotopic (exact) mass is 249 g/mol. The second-order valence-corrected chi connectivity index (χ2v) is 3.84. The molecule has 18 heavy (non-hydrogen) atoms. The van der Waals surface area contributed by atoms with Crippen molar-refractivity contribution in [3.05, 3.63) is 47.9 Å². The number of likely N-dealkylation sites (N-methyl/N-ethyl adjacent to an activating group) is 1. The van der Waals surface area contributed by atoms with Gasteiger partial charge < -0.3 is 5.32 Å². The van der Waals surface area contributed by atoms with Crippen molar-refractivity contribution in [2.75, 3.05) is 13.6 Å². The summed E-state index contributed by atoms with van der Waals surface area (Å²) in [6.07, 6.45) is 2.19. The average Bonchev–Trinajstić information content (AvgIpc) is 2.39. The summed E-state index contributed by atoms with van der Waals surface area (Å²) in [7, 11) is 1.83. The van der Waals surface area contributed by atoms with E-state index in [1.54, 1.807) is 12.3 Å². The lowest BCUT2D eigenvalue weighted by Gasteiger charge is -2.05. The molecular weight excluding hydrogens is 236 g/mol. The minimum absolute atomic E-state index is 0.156. The van der Waals surface area contributed by atoms with Gasteiger partial charge in [-0.25, -0.2) is 18.7 Å². The third-order valence-electron chi connectivity index (χ3n) is 2.51. The molecule has 0 atom stereocenters. The van der Waals surface area contributed by atoms with Gasteiger partial charge in [0.15, 0.2) is 0 Å². The quantitative estimate of drug-likeness (QED) is 0.902. The predicted octanol–water partition coefficient (Wildman–Crippen LogP) is 2.18. The van der Waals surface area contributed by atoms with Crippen molar-refractivity contribution < 1.29 is 8.78 Å². The molecule has 1 aromatic carbocycles. The van der Waals surface area contributed by atoms with Crippen LogP contribution in [-0.2, 0) is 6.42 Å². The number of aromatic nitrogens is 2. The molecule has 0 saturated carbocycles. The van der Waals surface area contributed by atoms with Crippen LogP contribution in [0.5, 0.6) is 0 Å². The first-order valence-electron chi connectivity index (χ1n) is 5.62. The Morgan fingerprint density at radius 3 is 2.83 bits per heavy atom. The fraction of sp³-hybridized carbons (Fsp3) is 0.231. The third-order valence-corrected chi connectivity index (χ3v) is 2.51. The number of hydrogen-bond donors (Lipinski definition) is 1. The zero-order chi connectivity index (χ0) is 13.0. The van der Waals surface area contributed by atoms with Crippen molar-refractivity contribution in [1.82, 2.24) is 15.3 Å². The van der Waals surface area contributed by atoms with E-state index in [0.717, 1.165) is 24.7 Å². The van der Waals surface area contributed by atoms with Crippen molar-refractivity contribution in [3.8, 4) is 11.3 Å². The van der Waals surface area contributed by atoms with Crippen LogP contribution in [0.25, 0.3) is 11.3 Å².